The Labute approximate surface area is 73.7 Å². The number of carboxylic acids is 1. The average Bonchev–Trinajstić information content (AvgIpc) is 2.36. The molecule has 66 valence electrons. The number of aromatic nitrogens is 2. The lowest BCUT2D eigenvalue weighted by molar-refractivity contribution is -0.138. The van der Waals surface area contributed by atoms with E-state index in [1.165, 1.54) is 10.9 Å². The van der Waals surface area contributed by atoms with Crippen molar-refractivity contribution in [3.63, 3.8) is 0 Å². The van der Waals surface area contributed by atoms with Crippen LogP contribution in [-0.2, 0) is 11.3 Å². The van der Waals surface area contributed by atoms with Gasteiger partial charge in [0.2, 0.25) is 0 Å². The Bertz CT molecular complexity index is 286. The van der Waals surface area contributed by atoms with Crippen LogP contribution in [0.5, 0.6) is 0 Å². The molecule has 0 saturated heterocycles. The first-order chi connectivity index (χ1) is 5.61. The Morgan fingerprint density at radius 1 is 1.92 bits per heavy atom. The Hall–Kier alpha value is -1.07. The molecule has 0 aromatic carbocycles. The summed E-state index contributed by atoms with van der Waals surface area (Å²) < 4.78 is 1.33. The highest BCUT2D eigenvalue weighted by molar-refractivity contribution is 6.29. The van der Waals surface area contributed by atoms with Gasteiger partial charge in [0, 0.05) is 0 Å². The molecule has 1 aromatic rings. The standard InChI is InChI=1S/C6H8ClN3O2/c7-5-1-2-9-10(5)3-4(8)6(11)12/h1-2,4H,3,8H2,(H,11,12)/t4-/m1/s1. The SMILES string of the molecule is N[C@H](Cn1nccc1Cl)C(=O)O. The van der Waals surface area contributed by atoms with Crippen LogP contribution in [0, 0.1) is 0 Å². The first-order valence-corrected chi connectivity index (χ1v) is 3.64. The molecule has 1 atom stereocenters. The minimum absolute atomic E-state index is 0.0845. The number of nitrogens with two attached hydrogens (primary N) is 1. The molecule has 0 radical (unpaired) electrons. The lowest BCUT2D eigenvalue weighted by Crippen LogP contribution is -2.34. The van der Waals surface area contributed by atoms with Crippen LogP contribution in [0.1, 0.15) is 0 Å². The van der Waals surface area contributed by atoms with Crippen molar-refractivity contribution in [1.29, 1.82) is 0 Å². The molecule has 0 amide bonds. The molecule has 0 fully saturated rings. The van der Waals surface area contributed by atoms with Crippen LogP contribution in [0.15, 0.2) is 12.3 Å². The van der Waals surface area contributed by atoms with Gasteiger partial charge in [0.05, 0.1) is 12.7 Å². The second kappa shape index (κ2) is 3.55. The number of aliphatic carboxylic acids is 1. The molecule has 3 N–H and O–H groups in total. The molecule has 0 aliphatic heterocycles. The second-order valence-corrected chi connectivity index (χ2v) is 2.67. The predicted octanol–water partition coefficient (Wildman–Crippen LogP) is -0.0516. The summed E-state index contributed by atoms with van der Waals surface area (Å²) in [6, 6.07) is 0.596. The largest absolute Gasteiger partial charge is 0.480 e. The van der Waals surface area contributed by atoms with Crippen molar-refractivity contribution < 1.29 is 9.90 Å². The van der Waals surface area contributed by atoms with Gasteiger partial charge in [-0.3, -0.25) is 9.48 Å². The molecule has 1 heterocycles. The molecule has 6 heteroatoms. The Balaban J connectivity index is 2.64. The normalized spacial score (nSPS) is 12.8. The minimum atomic E-state index is -1.07. The van der Waals surface area contributed by atoms with Gasteiger partial charge in [0.15, 0.2) is 0 Å². The monoisotopic (exact) mass is 189 g/mol. The summed E-state index contributed by atoms with van der Waals surface area (Å²) in [5.41, 5.74) is 5.26. The number of rotatable bonds is 3. The first-order valence-electron chi connectivity index (χ1n) is 3.27. The van der Waals surface area contributed by atoms with Crippen LogP contribution in [0.25, 0.3) is 0 Å². The molecular formula is C6H8ClN3O2. The van der Waals surface area contributed by atoms with Crippen molar-refractivity contribution in [2.24, 2.45) is 5.73 Å². The fraction of sp³-hybridized carbons (Fsp3) is 0.333. The smallest absolute Gasteiger partial charge is 0.322 e. The molecule has 1 rings (SSSR count). The minimum Gasteiger partial charge on any atom is -0.480 e. The lowest BCUT2D eigenvalue weighted by Gasteiger charge is -2.06. The summed E-state index contributed by atoms with van der Waals surface area (Å²) >= 11 is 5.64. The third-order valence-electron chi connectivity index (χ3n) is 1.35. The molecule has 0 unspecified atom stereocenters. The van der Waals surface area contributed by atoms with E-state index in [0.29, 0.717) is 5.15 Å². The summed E-state index contributed by atoms with van der Waals surface area (Å²) in [7, 11) is 0. The van der Waals surface area contributed by atoms with Crippen molar-refractivity contribution in [3.05, 3.63) is 17.4 Å². The van der Waals surface area contributed by atoms with Gasteiger partial charge in [-0.25, -0.2) is 0 Å². The molecule has 0 saturated carbocycles. The van der Waals surface area contributed by atoms with Crippen LogP contribution < -0.4 is 5.73 Å². The predicted molar refractivity (Wildman–Crippen MR) is 42.8 cm³/mol. The Kier molecular flexibility index (Phi) is 2.67. The van der Waals surface area contributed by atoms with Crippen LogP contribution >= 0.6 is 11.6 Å². The van der Waals surface area contributed by atoms with Crippen molar-refractivity contribution in [3.8, 4) is 0 Å². The molecule has 1 aromatic heterocycles. The van der Waals surface area contributed by atoms with Gasteiger partial charge in [-0.15, -0.1) is 0 Å². The molecule has 0 spiro atoms. The van der Waals surface area contributed by atoms with Gasteiger partial charge in [-0.2, -0.15) is 5.10 Å². The maximum Gasteiger partial charge on any atom is 0.322 e. The van der Waals surface area contributed by atoms with E-state index in [9.17, 15) is 4.79 Å². The van der Waals surface area contributed by atoms with Crippen LogP contribution in [0.4, 0.5) is 0 Å². The summed E-state index contributed by atoms with van der Waals surface area (Å²) in [6.45, 7) is 0.0845. The number of nitrogens with zero attached hydrogens (tertiary/aromatic N) is 2. The van der Waals surface area contributed by atoms with E-state index in [1.54, 1.807) is 6.07 Å². The zero-order chi connectivity index (χ0) is 9.14. The van der Waals surface area contributed by atoms with Crippen LogP contribution in [0.2, 0.25) is 5.15 Å². The van der Waals surface area contributed by atoms with E-state index >= 15 is 0 Å². The summed E-state index contributed by atoms with van der Waals surface area (Å²) in [6.07, 6.45) is 1.48. The van der Waals surface area contributed by atoms with Crippen molar-refractivity contribution in [1.82, 2.24) is 9.78 Å². The molecule has 5 nitrogen and oxygen atoms in total. The summed E-state index contributed by atoms with van der Waals surface area (Å²) in [4.78, 5) is 10.3. The van der Waals surface area contributed by atoms with Crippen molar-refractivity contribution >= 4 is 17.6 Å². The van der Waals surface area contributed by atoms with Gasteiger partial charge < -0.3 is 10.8 Å². The second-order valence-electron chi connectivity index (χ2n) is 2.28. The Morgan fingerprint density at radius 2 is 2.58 bits per heavy atom. The van der Waals surface area contributed by atoms with E-state index in [1.807, 2.05) is 0 Å². The molecular weight excluding hydrogens is 182 g/mol. The maximum absolute atomic E-state index is 10.3. The van der Waals surface area contributed by atoms with Gasteiger partial charge in [0.25, 0.3) is 0 Å². The zero-order valence-electron chi connectivity index (χ0n) is 6.14. The summed E-state index contributed by atoms with van der Waals surface area (Å²) in [5.74, 6) is -1.07. The third-order valence-corrected chi connectivity index (χ3v) is 1.67. The fourth-order valence-electron chi connectivity index (χ4n) is 0.715. The third kappa shape index (κ3) is 1.96. The van der Waals surface area contributed by atoms with E-state index in [-0.39, 0.29) is 6.54 Å². The average molecular weight is 190 g/mol. The molecule has 0 aliphatic rings. The van der Waals surface area contributed by atoms with Gasteiger partial charge in [-0.1, -0.05) is 11.6 Å². The van der Waals surface area contributed by atoms with E-state index < -0.39 is 12.0 Å². The maximum atomic E-state index is 10.3. The quantitative estimate of drug-likeness (QED) is 0.699. The zero-order valence-corrected chi connectivity index (χ0v) is 6.90. The van der Waals surface area contributed by atoms with Crippen molar-refractivity contribution in [2.75, 3.05) is 0 Å². The van der Waals surface area contributed by atoms with Gasteiger partial charge >= 0.3 is 5.97 Å². The number of halogens is 1. The number of hydrogen-bond acceptors (Lipinski definition) is 3. The molecule has 0 aliphatic carbocycles. The van der Waals surface area contributed by atoms with E-state index in [0.717, 1.165) is 0 Å². The number of carbonyl (C=O) groups is 1. The number of carboxylic acid groups (broad SMARTS) is 1. The van der Waals surface area contributed by atoms with Gasteiger partial charge in [-0.05, 0) is 6.07 Å². The van der Waals surface area contributed by atoms with Gasteiger partial charge in [0.1, 0.15) is 11.2 Å². The Morgan fingerprint density at radius 3 is 3.00 bits per heavy atom. The summed E-state index contributed by atoms with van der Waals surface area (Å²) in [5, 5.41) is 12.6. The first kappa shape index (κ1) is 9.02. The topological polar surface area (TPSA) is 81.1 Å². The lowest BCUT2D eigenvalue weighted by atomic mass is 10.3. The van der Waals surface area contributed by atoms with E-state index in [2.05, 4.69) is 5.10 Å². The highest BCUT2D eigenvalue weighted by Crippen LogP contribution is 2.06. The van der Waals surface area contributed by atoms with Crippen LogP contribution in [0.3, 0.4) is 0 Å². The fourth-order valence-corrected chi connectivity index (χ4v) is 0.884. The van der Waals surface area contributed by atoms with Crippen molar-refractivity contribution in [2.45, 2.75) is 12.6 Å². The number of hydrogen-bond donors (Lipinski definition) is 2. The van der Waals surface area contributed by atoms with E-state index in [4.69, 9.17) is 22.4 Å². The van der Waals surface area contributed by atoms with Crippen LogP contribution in [-0.4, -0.2) is 26.9 Å². The highest BCUT2D eigenvalue weighted by Gasteiger charge is 2.13. The highest BCUT2D eigenvalue weighted by atomic mass is 35.5. The molecule has 12 heavy (non-hydrogen) atoms. The molecule has 0 bridgehead atoms.